The summed E-state index contributed by atoms with van der Waals surface area (Å²) in [6.07, 6.45) is 25.0. The molecule has 3 N–H and O–H groups in total. The van der Waals surface area contributed by atoms with Crippen molar-refractivity contribution in [3.63, 3.8) is 0 Å². The van der Waals surface area contributed by atoms with Crippen LogP contribution in [0.3, 0.4) is 0 Å². The number of allylic oxidation sites excluding steroid dienone is 5. The number of aromatic amines is 1. The van der Waals surface area contributed by atoms with E-state index < -0.39 is 5.60 Å². The molecule has 218 valence electrons. The first kappa shape index (κ1) is 27.4. The summed E-state index contributed by atoms with van der Waals surface area (Å²) in [5, 5.41) is 18.3. The third kappa shape index (κ3) is 5.08. The fourth-order valence-corrected chi connectivity index (χ4v) is 8.96. The summed E-state index contributed by atoms with van der Waals surface area (Å²) in [5.74, 6) is 0.377. The van der Waals surface area contributed by atoms with Crippen LogP contribution in [-0.2, 0) is 6.42 Å². The molecule has 2 aromatic rings. The number of benzene rings is 1. The van der Waals surface area contributed by atoms with Gasteiger partial charge in [-0.25, -0.2) is 0 Å². The van der Waals surface area contributed by atoms with Crippen LogP contribution in [0.5, 0.6) is 0 Å². The van der Waals surface area contributed by atoms with E-state index in [0.717, 1.165) is 96.2 Å². The van der Waals surface area contributed by atoms with Crippen LogP contribution in [0.4, 0.5) is 0 Å². The number of fused-ring (bicyclic) bond motifs is 4. The van der Waals surface area contributed by atoms with Crippen LogP contribution in [0.25, 0.3) is 10.9 Å². The Balaban J connectivity index is 1.40. The van der Waals surface area contributed by atoms with E-state index in [1.807, 2.05) is 0 Å². The zero-order chi connectivity index (χ0) is 27.7. The number of aromatic nitrogens is 1. The van der Waals surface area contributed by atoms with Gasteiger partial charge in [0, 0.05) is 35.4 Å². The third-order valence-corrected chi connectivity index (χ3v) is 10.8. The standard InChI is InChI=1S/C36H48N4O/c41-36-20-12-6-2-4-8-14-23-40-24-18-30(35(26-40)19-11-5-1-3-7-13-21-38-34(35)36)29(25-36)32-33-28(17-22-37-32)27-15-9-10-16-31(27)39-33/h1-2,5-6,9-10,15-16,25,30,34,38-39,41H,3-4,7-8,11-14,17-24,26H2. The normalized spacial score (nSPS) is 34.7. The molecule has 1 fully saturated rings. The lowest BCUT2D eigenvalue weighted by molar-refractivity contribution is -0.0860. The minimum atomic E-state index is -0.919. The van der Waals surface area contributed by atoms with Crippen molar-refractivity contribution < 1.29 is 5.11 Å². The second kappa shape index (κ2) is 11.7. The van der Waals surface area contributed by atoms with Crippen molar-refractivity contribution in [1.29, 1.82) is 0 Å². The van der Waals surface area contributed by atoms with Gasteiger partial charge in [-0.05, 0) is 126 Å². The molecule has 41 heavy (non-hydrogen) atoms. The molecular formula is C36H48N4O. The van der Waals surface area contributed by atoms with Gasteiger partial charge in [0.05, 0.1) is 17.0 Å². The number of nitrogens with zero attached hydrogens (tertiary/aromatic N) is 2. The number of aliphatic hydroxyl groups is 1. The van der Waals surface area contributed by atoms with Gasteiger partial charge in [0.2, 0.25) is 0 Å². The van der Waals surface area contributed by atoms with Gasteiger partial charge >= 0.3 is 0 Å². The Morgan fingerprint density at radius 2 is 1.71 bits per heavy atom. The lowest BCUT2D eigenvalue weighted by atomic mass is 9.53. The smallest absolute Gasteiger partial charge is 0.0995 e. The monoisotopic (exact) mass is 552 g/mol. The highest BCUT2D eigenvalue weighted by atomic mass is 16.3. The molecule has 5 heterocycles. The van der Waals surface area contributed by atoms with Crippen molar-refractivity contribution in [3.8, 4) is 0 Å². The summed E-state index contributed by atoms with van der Waals surface area (Å²) >= 11 is 0. The van der Waals surface area contributed by atoms with Gasteiger partial charge in [-0.1, -0.05) is 42.5 Å². The van der Waals surface area contributed by atoms with Crippen molar-refractivity contribution in [3.05, 3.63) is 71.5 Å². The van der Waals surface area contributed by atoms with E-state index in [9.17, 15) is 5.11 Å². The average molecular weight is 553 g/mol. The maximum atomic E-state index is 12.9. The first-order chi connectivity index (χ1) is 20.2. The molecule has 4 aliphatic heterocycles. The molecule has 1 saturated heterocycles. The van der Waals surface area contributed by atoms with E-state index in [2.05, 4.69) is 69.8 Å². The predicted octanol–water partition coefficient (Wildman–Crippen LogP) is 6.49. The van der Waals surface area contributed by atoms with E-state index >= 15 is 0 Å². The molecule has 0 amide bonds. The number of nitrogens with one attached hydrogen (secondary N) is 2. The number of para-hydroxylation sites is 1. The Labute approximate surface area is 245 Å². The zero-order valence-electron chi connectivity index (χ0n) is 24.7. The molecule has 1 aromatic heterocycles. The molecule has 5 heteroatoms. The van der Waals surface area contributed by atoms with Crippen LogP contribution in [0.2, 0.25) is 0 Å². The number of H-pyrrole nitrogens is 1. The van der Waals surface area contributed by atoms with Gasteiger partial charge < -0.3 is 20.3 Å². The summed E-state index contributed by atoms with van der Waals surface area (Å²) in [6.45, 7) is 5.15. The van der Waals surface area contributed by atoms with E-state index in [-0.39, 0.29) is 11.5 Å². The number of piperidine rings is 1. The Hall–Kier alpha value is -2.47. The molecule has 3 bridgehead atoms. The van der Waals surface area contributed by atoms with Crippen molar-refractivity contribution in [2.75, 3.05) is 32.7 Å². The number of hydrogen-bond donors (Lipinski definition) is 3. The number of hydrogen-bond acceptors (Lipinski definition) is 4. The second-order valence-electron chi connectivity index (χ2n) is 13.3. The van der Waals surface area contributed by atoms with Crippen LogP contribution >= 0.6 is 0 Å². The van der Waals surface area contributed by atoms with Crippen LogP contribution in [0, 0.1) is 11.3 Å². The first-order valence-electron chi connectivity index (χ1n) is 16.5. The van der Waals surface area contributed by atoms with Crippen molar-refractivity contribution in [1.82, 2.24) is 15.2 Å². The Bertz CT molecular complexity index is 1370. The zero-order valence-corrected chi connectivity index (χ0v) is 24.7. The summed E-state index contributed by atoms with van der Waals surface area (Å²) in [7, 11) is 0. The SMILES string of the molecule is OC12C=C(C3=NCCc4c3[nH]c3ccccc43)C3CCN(CCCCC=CCC1)CC31CCC=CCCCCNC21. The van der Waals surface area contributed by atoms with Gasteiger partial charge in [0.1, 0.15) is 0 Å². The molecule has 0 radical (unpaired) electrons. The Kier molecular flexibility index (Phi) is 7.79. The molecule has 1 aromatic carbocycles. The molecule has 0 saturated carbocycles. The molecular weight excluding hydrogens is 504 g/mol. The Morgan fingerprint density at radius 3 is 2.61 bits per heavy atom. The van der Waals surface area contributed by atoms with E-state index in [0.29, 0.717) is 5.92 Å². The predicted molar refractivity (Wildman–Crippen MR) is 170 cm³/mol. The fourth-order valence-electron chi connectivity index (χ4n) is 8.96. The van der Waals surface area contributed by atoms with Crippen LogP contribution in [0.15, 0.2) is 65.2 Å². The van der Waals surface area contributed by atoms with Crippen molar-refractivity contribution in [2.45, 2.75) is 88.7 Å². The number of aliphatic imine (C=N–C) groups is 1. The summed E-state index contributed by atoms with van der Waals surface area (Å²) in [5.41, 5.74) is 5.28. The highest BCUT2D eigenvalue weighted by Gasteiger charge is 2.59. The van der Waals surface area contributed by atoms with Gasteiger partial charge in [-0.3, -0.25) is 4.99 Å². The van der Waals surface area contributed by atoms with Crippen LogP contribution in [0.1, 0.15) is 81.9 Å². The maximum Gasteiger partial charge on any atom is 0.0995 e. The van der Waals surface area contributed by atoms with Gasteiger partial charge in [0.25, 0.3) is 0 Å². The molecule has 5 unspecified atom stereocenters. The first-order valence-corrected chi connectivity index (χ1v) is 16.5. The fraction of sp³-hybridized carbons (Fsp3) is 0.583. The van der Waals surface area contributed by atoms with Crippen molar-refractivity contribution in [2.24, 2.45) is 16.3 Å². The van der Waals surface area contributed by atoms with Crippen LogP contribution in [-0.4, -0.2) is 65.1 Å². The second-order valence-corrected chi connectivity index (χ2v) is 13.3. The molecule has 5 atom stereocenters. The number of rotatable bonds is 1. The minimum absolute atomic E-state index is 0.0404. The quantitative estimate of drug-likeness (QED) is 0.354. The highest BCUT2D eigenvalue weighted by Crippen LogP contribution is 2.55. The topological polar surface area (TPSA) is 63.7 Å². The molecule has 1 aliphatic carbocycles. The van der Waals surface area contributed by atoms with Gasteiger partial charge in [0.15, 0.2) is 0 Å². The Morgan fingerprint density at radius 1 is 0.902 bits per heavy atom. The maximum absolute atomic E-state index is 12.9. The molecule has 1 spiro atoms. The summed E-state index contributed by atoms with van der Waals surface area (Å²) < 4.78 is 0. The summed E-state index contributed by atoms with van der Waals surface area (Å²) in [4.78, 5) is 11.8. The average Bonchev–Trinajstić information content (AvgIpc) is 3.35. The van der Waals surface area contributed by atoms with E-state index in [4.69, 9.17) is 4.99 Å². The molecule has 5 aliphatic rings. The highest BCUT2D eigenvalue weighted by molar-refractivity contribution is 6.16. The molecule has 5 nitrogen and oxygen atoms in total. The largest absolute Gasteiger partial charge is 0.384 e. The third-order valence-electron chi connectivity index (χ3n) is 10.8. The van der Waals surface area contributed by atoms with Gasteiger partial charge in [-0.15, -0.1) is 0 Å². The van der Waals surface area contributed by atoms with Crippen molar-refractivity contribution >= 4 is 16.6 Å². The van der Waals surface area contributed by atoms with E-state index in [1.54, 1.807) is 0 Å². The summed E-state index contributed by atoms with van der Waals surface area (Å²) in [6, 6.07) is 8.76. The lowest BCUT2D eigenvalue weighted by Gasteiger charge is -2.60. The van der Waals surface area contributed by atoms with E-state index in [1.165, 1.54) is 47.0 Å². The lowest BCUT2D eigenvalue weighted by Crippen LogP contribution is -2.69. The minimum Gasteiger partial charge on any atom is -0.384 e. The molecule has 7 rings (SSSR count). The van der Waals surface area contributed by atoms with Crippen LogP contribution < -0.4 is 5.32 Å². The van der Waals surface area contributed by atoms with Gasteiger partial charge in [-0.2, -0.15) is 0 Å².